The lowest BCUT2D eigenvalue weighted by Crippen LogP contribution is -2.00. The summed E-state index contributed by atoms with van der Waals surface area (Å²) in [4.78, 5) is 26.4. The summed E-state index contributed by atoms with van der Waals surface area (Å²) in [6, 6.07) is 12.0. The van der Waals surface area contributed by atoms with Crippen LogP contribution in [0.5, 0.6) is 0 Å². The van der Waals surface area contributed by atoms with Gasteiger partial charge in [-0.05, 0) is 72.5 Å². The van der Waals surface area contributed by atoms with Gasteiger partial charge in [-0.3, -0.25) is 9.59 Å². The molecule has 5 aromatic rings. The molecule has 0 aromatic heterocycles. The SMILES string of the molecule is Cc1ccc2c(c1)c(=O)c1c(C)c3c(c(C)c12)c(=O)c1cc(C)ccc13. The summed E-state index contributed by atoms with van der Waals surface area (Å²) in [5.41, 5.74) is 4.16. The van der Waals surface area contributed by atoms with Crippen molar-refractivity contribution in [2.75, 3.05) is 0 Å². The molecule has 0 unspecified atom stereocenters. The highest BCUT2D eigenvalue weighted by Crippen LogP contribution is 2.38. The first kappa shape index (κ1) is 15.3. The Balaban J connectivity index is 2.20. The third-order valence-corrected chi connectivity index (χ3v) is 5.83. The molecule has 2 heteroatoms. The largest absolute Gasteiger partial charge is 0.289 e. The molecule has 0 aliphatic carbocycles. The standard InChI is InChI=1S/C24H18O2/c1-11-5-7-15-17(9-11)23(25)21-14(4)20-16-8-6-12(2)10-18(16)24(26)22(20)13(3)19(15)21/h5-10H,1-4H3. The molecule has 0 amide bonds. The third kappa shape index (κ3) is 1.67. The van der Waals surface area contributed by atoms with E-state index < -0.39 is 0 Å². The van der Waals surface area contributed by atoms with Crippen molar-refractivity contribution in [3.05, 3.63) is 79.1 Å². The summed E-state index contributed by atoms with van der Waals surface area (Å²) in [5, 5.41) is 6.85. The topological polar surface area (TPSA) is 34.1 Å². The number of rotatable bonds is 0. The molecule has 0 saturated carbocycles. The maximum atomic E-state index is 13.2. The first-order valence-corrected chi connectivity index (χ1v) is 8.88. The number of fused-ring (bicyclic) bond motifs is 6. The Morgan fingerprint density at radius 3 is 1.27 bits per heavy atom. The quantitative estimate of drug-likeness (QED) is 0.392. The van der Waals surface area contributed by atoms with Gasteiger partial charge in [-0.15, -0.1) is 0 Å². The molecule has 2 nitrogen and oxygen atoms in total. The van der Waals surface area contributed by atoms with E-state index >= 15 is 0 Å². The molecule has 26 heavy (non-hydrogen) atoms. The molecule has 0 spiro atoms. The van der Waals surface area contributed by atoms with Crippen molar-refractivity contribution < 1.29 is 0 Å². The van der Waals surface area contributed by atoms with Crippen LogP contribution in [-0.2, 0) is 0 Å². The van der Waals surface area contributed by atoms with Gasteiger partial charge in [0.2, 0.25) is 0 Å². The third-order valence-electron chi connectivity index (χ3n) is 5.83. The van der Waals surface area contributed by atoms with Crippen molar-refractivity contribution in [2.24, 2.45) is 0 Å². The van der Waals surface area contributed by atoms with E-state index in [0.717, 1.165) is 65.3 Å². The maximum absolute atomic E-state index is 13.2. The van der Waals surface area contributed by atoms with E-state index in [4.69, 9.17) is 0 Å². The summed E-state index contributed by atoms with van der Waals surface area (Å²) in [7, 11) is 0. The Hall–Kier alpha value is -3.00. The Morgan fingerprint density at radius 2 is 0.885 bits per heavy atom. The monoisotopic (exact) mass is 338 g/mol. The van der Waals surface area contributed by atoms with Crippen molar-refractivity contribution in [1.29, 1.82) is 0 Å². The van der Waals surface area contributed by atoms with Gasteiger partial charge in [-0.2, -0.15) is 0 Å². The Kier molecular flexibility index (Phi) is 2.81. The van der Waals surface area contributed by atoms with E-state index in [0.29, 0.717) is 0 Å². The van der Waals surface area contributed by atoms with E-state index in [2.05, 4.69) is 0 Å². The van der Waals surface area contributed by atoms with Crippen LogP contribution in [0.4, 0.5) is 0 Å². The average molecular weight is 338 g/mol. The molecule has 0 fully saturated rings. The predicted molar refractivity (Wildman–Crippen MR) is 110 cm³/mol. The number of hydrogen-bond donors (Lipinski definition) is 0. The van der Waals surface area contributed by atoms with Crippen molar-refractivity contribution in [2.45, 2.75) is 27.7 Å². The van der Waals surface area contributed by atoms with Crippen molar-refractivity contribution in [3.8, 4) is 0 Å². The Morgan fingerprint density at radius 1 is 0.500 bits per heavy atom. The lowest BCUT2D eigenvalue weighted by Gasteiger charge is -2.06. The van der Waals surface area contributed by atoms with Crippen molar-refractivity contribution in [1.82, 2.24) is 0 Å². The minimum Gasteiger partial charge on any atom is -0.289 e. The highest BCUT2D eigenvalue weighted by molar-refractivity contribution is 6.25. The van der Waals surface area contributed by atoms with Crippen LogP contribution in [0.1, 0.15) is 22.3 Å². The zero-order valence-corrected chi connectivity index (χ0v) is 15.3. The lowest BCUT2D eigenvalue weighted by molar-refractivity contribution is 1.51. The summed E-state index contributed by atoms with van der Waals surface area (Å²) in [6.07, 6.45) is 0. The second-order valence-corrected chi connectivity index (χ2v) is 7.51. The molecular formula is C24H18O2. The fraction of sp³-hybridized carbons (Fsp3) is 0.167. The fourth-order valence-electron chi connectivity index (χ4n) is 4.64. The smallest absolute Gasteiger partial charge is 0.194 e. The van der Waals surface area contributed by atoms with Crippen LogP contribution >= 0.6 is 0 Å². The van der Waals surface area contributed by atoms with Crippen LogP contribution in [0, 0.1) is 27.7 Å². The Bertz CT molecular complexity index is 1380. The molecule has 0 radical (unpaired) electrons. The van der Waals surface area contributed by atoms with Crippen LogP contribution in [0.15, 0.2) is 46.0 Å². The molecule has 126 valence electrons. The maximum Gasteiger partial charge on any atom is 0.194 e. The summed E-state index contributed by atoms with van der Waals surface area (Å²) in [6.45, 7) is 7.96. The Labute approximate surface area is 150 Å². The second-order valence-electron chi connectivity index (χ2n) is 7.51. The van der Waals surface area contributed by atoms with Crippen LogP contribution < -0.4 is 10.9 Å². The summed E-state index contributed by atoms with van der Waals surface area (Å²) < 4.78 is 0. The first-order chi connectivity index (χ1) is 12.4. The molecule has 0 atom stereocenters. The van der Waals surface area contributed by atoms with Crippen LogP contribution in [0.25, 0.3) is 43.1 Å². The zero-order valence-electron chi connectivity index (χ0n) is 15.3. The van der Waals surface area contributed by atoms with Crippen molar-refractivity contribution >= 4 is 43.1 Å². The number of benzene rings is 3. The van der Waals surface area contributed by atoms with Crippen LogP contribution in [-0.4, -0.2) is 0 Å². The van der Waals surface area contributed by atoms with Gasteiger partial charge < -0.3 is 0 Å². The van der Waals surface area contributed by atoms with Gasteiger partial charge in [0.15, 0.2) is 10.9 Å². The number of hydrogen-bond acceptors (Lipinski definition) is 2. The van der Waals surface area contributed by atoms with E-state index in [9.17, 15) is 9.59 Å². The molecule has 0 aliphatic heterocycles. The van der Waals surface area contributed by atoms with E-state index in [1.807, 2.05) is 64.1 Å². The van der Waals surface area contributed by atoms with E-state index in [1.165, 1.54) is 0 Å². The van der Waals surface area contributed by atoms with Crippen molar-refractivity contribution in [3.63, 3.8) is 0 Å². The molecule has 0 saturated heterocycles. The van der Waals surface area contributed by atoms with Gasteiger partial charge in [-0.25, -0.2) is 0 Å². The van der Waals surface area contributed by atoms with Gasteiger partial charge in [0.05, 0.1) is 0 Å². The van der Waals surface area contributed by atoms with Crippen LogP contribution in [0.2, 0.25) is 0 Å². The fourth-order valence-corrected chi connectivity index (χ4v) is 4.64. The van der Waals surface area contributed by atoms with Crippen LogP contribution in [0.3, 0.4) is 0 Å². The minimum atomic E-state index is 0.0788. The molecule has 0 aliphatic rings. The van der Waals surface area contributed by atoms with E-state index in [-0.39, 0.29) is 10.9 Å². The first-order valence-electron chi connectivity index (χ1n) is 8.88. The highest BCUT2D eigenvalue weighted by Gasteiger charge is 2.22. The molecule has 5 aromatic carbocycles. The molecule has 5 rings (SSSR count). The van der Waals surface area contributed by atoms with Gasteiger partial charge in [0.25, 0.3) is 0 Å². The number of aryl methyl sites for hydroxylation is 4. The van der Waals surface area contributed by atoms with Gasteiger partial charge in [0, 0.05) is 21.5 Å². The summed E-state index contributed by atoms with van der Waals surface area (Å²) >= 11 is 0. The molecule has 0 N–H and O–H groups in total. The minimum absolute atomic E-state index is 0.0788. The van der Waals surface area contributed by atoms with Gasteiger partial charge in [0.1, 0.15) is 0 Å². The highest BCUT2D eigenvalue weighted by atomic mass is 16.1. The lowest BCUT2D eigenvalue weighted by atomic mass is 9.96. The second kappa shape index (κ2) is 4.79. The average Bonchev–Trinajstić information content (AvgIpc) is 3.06. The molecular weight excluding hydrogens is 320 g/mol. The normalized spacial score (nSPS) is 12.2. The van der Waals surface area contributed by atoms with Gasteiger partial charge in [-0.1, -0.05) is 35.4 Å². The van der Waals surface area contributed by atoms with Gasteiger partial charge >= 0.3 is 0 Å². The zero-order chi connectivity index (χ0) is 18.3. The predicted octanol–water partition coefficient (Wildman–Crippen LogP) is 5.13. The summed E-state index contributed by atoms with van der Waals surface area (Å²) in [5.74, 6) is 0. The molecule has 0 heterocycles. The van der Waals surface area contributed by atoms with E-state index in [1.54, 1.807) is 0 Å². The molecule has 0 bridgehead atoms.